The highest BCUT2D eigenvalue weighted by Crippen LogP contribution is 2.28. The van der Waals surface area contributed by atoms with E-state index in [-0.39, 0.29) is 11.8 Å². The Morgan fingerprint density at radius 3 is 2.33 bits per heavy atom. The average Bonchev–Trinajstić information content (AvgIpc) is 2.41. The molecular formula is C16H20N2O3. The number of carbonyl (C=O) groups excluding carboxylic acids is 2. The van der Waals surface area contributed by atoms with Gasteiger partial charge in [0.25, 0.3) is 0 Å². The van der Waals surface area contributed by atoms with Crippen LogP contribution in [0.15, 0.2) is 30.3 Å². The molecule has 0 atom stereocenters. The van der Waals surface area contributed by atoms with Crippen LogP contribution in [0.2, 0.25) is 0 Å². The van der Waals surface area contributed by atoms with Crippen LogP contribution in [0, 0.1) is 5.92 Å². The molecule has 0 radical (unpaired) electrons. The van der Waals surface area contributed by atoms with Gasteiger partial charge in [0.2, 0.25) is 11.8 Å². The lowest BCUT2D eigenvalue weighted by Crippen LogP contribution is -2.65. The van der Waals surface area contributed by atoms with Crippen LogP contribution in [-0.4, -0.2) is 40.5 Å². The van der Waals surface area contributed by atoms with E-state index in [1.165, 1.54) is 6.08 Å². The number of nitrogens with zero attached hydrogens (tertiary/aromatic N) is 1. The van der Waals surface area contributed by atoms with Crippen LogP contribution in [0.1, 0.15) is 29.8 Å². The minimum atomic E-state index is -0.757. The Kier molecular flexibility index (Phi) is 4.14. The van der Waals surface area contributed by atoms with E-state index in [1.807, 2.05) is 13.8 Å². The molecule has 0 aliphatic carbocycles. The lowest BCUT2D eigenvalue weighted by molar-refractivity contribution is -0.158. The Hall–Kier alpha value is -2.14. The van der Waals surface area contributed by atoms with Gasteiger partial charge in [0.05, 0.1) is 13.1 Å². The molecule has 1 aliphatic heterocycles. The first-order chi connectivity index (χ1) is 9.82. The summed E-state index contributed by atoms with van der Waals surface area (Å²) in [6.07, 6.45) is 3.15. The fourth-order valence-electron chi connectivity index (χ4n) is 2.17. The van der Waals surface area contributed by atoms with Gasteiger partial charge in [-0.05, 0) is 29.7 Å². The van der Waals surface area contributed by atoms with E-state index in [0.717, 1.165) is 5.56 Å². The molecule has 0 spiro atoms. The standard InChI is InChI=1S/C16H20N2O3/c1-11(2)16(21)9-18(10-16)14(19)8-5-12-3-6-13(7-4-12)15(17)20/h3-8,11,21H,9-10H2,1-2H3,(H2,17,20). The van der Waals surface area contributed by atoms with Crippen LogP contribution in [0.5, 0.6) is 0 Å². The number of primary amides is 1. The van der Waals surface area contributed by atoms with Crippen molar-refractivity contribution in [2.24, 2.45) is 11.7 Å². The van der Waals surface area contributed by atoms with Gasteiger partial charge in [-0.25, -0.2) is 0 Å². The van der Waals surface area contributed by atoms with E-state index in [0.29, 0.717) is 18.7 Å². The first-order valence-corrected chi connectivity index (χ1v) is 6.91. The third kappa shape index (κ3) is 3.31. The molecule has 0 saturated carbocycles. The third-order valence-electron chi connectivity index (χ3n) is 3.93. The molecule has 2 amide bonds. The summed E-state index contributed by atoms with van der Waals surface area (Å²) < 4.78 is 0. The molecule has 1 aromatic carbocycles. The number of rotatable bonds is 4. The molecule has 5 nitrogen and oxygen atoms in total. The predicted molar refractivity (Wildman–Crippen MR) is 80.4 cm³/mol. The maximum absolute atomic E-state index is 11.9. The average molecular weight is 288 g/mol. The van der Waals surface area contributed by atoms with E-state index in [1.54, 1.807) is 35.2 Å². The van der Waals surface area contributed by atoms with Crippen LogP contribution in [0.4, 0.5) is 0 Å². The van der Waals surface area contributed by atoms with Crippen LogP contribution < -0.4 is 5.73 Å². The van der Waals surface area contributed by atoms with E-state index < -0.39 is 11.5 Å². The summed E-state index contributed by atoms with van der Waals surface area (Å²) in [4.78, 5) is 24.5. The van der Waals surface area contributed by atoms with Crippen molar-refractivity contribution in [3.8, 4) is 0 Å². The van der Waals surface area contributed by atoms with Crippen LogP contribution in [0.3, 0.4) is 0 Å². The molecular weight excluding hydrogens is 268 g/mol. The first kappa shape index (κ1) is 15.3. The number of likely N-dealkylation sites (tertiary alicyclic amines) is 1. The Morgan fingerprint density at radius 1 is 1.29 bits per heavy atom. The SMILES string of the molecule is CC(C)C1(O)CN(C(=O)C=Cc2ccc(C(N)=O)cc2)C1. The van der Waals surface area contributed by atoms with E-state index in [2.05, 4.69) is 0 Å². The molecule has 1 aromatic rings. The van der Waals surface area contributed by atoms with Crippen LogP contribution in [0.25, 0.3) is 6.08 Å². The van der Waals surface area contributed by atoms with Crippen molar-refractivity contribution in [1.82, 2.24) is 4.90 Å². The molecule has 0 bridgehead atoms. The molecule has 1 fully saturated rings. The lowest BCUT2D eigenvalue weighted by atomic mass is 9.83. The Morgan fingerprint density at radius 2 is 1.86 bits per heavy atom. The summed E-state index contributed by atoms with van der Waals surface area (Å²) in [6.45, 7) is 4.62. The predicted octanol–water partition coefficient (Wildman–Crippen LogP) is 1.03. The fraction of sp³-hybridized carbons (Fsp3) is 0.375. The van der Waals surface area contributed by atoms with Crippen molar-refractivity contribution >= 4 is 17.9 Å². The number of aliphatic hydroxyl groups is 1. The van der Waals surface area contributed by atoms with Crippen molar-refractivity contribution in [2.45, 2.75) is 19.4 Å². The quantitative estimate of drug-likeness (QED) is 0.812. The van der Waals surface area contributed by atoms with E-state index >= 15 is 0 Å². The monoisotopic (exact) mass is 288 g/mol. The summed E-state index contributed by atoms with van der Waals surface area (Å²) in [6, 6.07) is 6.69. The number of benzene rings is 1. The highest BCUT2D eigenvalue weighted by Gasteiger charge is 2.45. The summed E-state index contributed by atoms with van der Waals surface area (Å²) in [5.74, 6) is -0.471. The molecule has 5 heteroatoms. The Bertz CT molecular complexity index is 570. The maximum atomic E-state index is 11.9. The molecule has 1 aliphatic rings. The highest BCUT2D eigenvalue weighted by molar-refractivity contribution is 5.94. The second-order valence-electron chi connectivity index (χ2n) is 5.77. The second-order valence-corrected chi connectivity index (χ2v) is 5.77. The molecule has 3 N–H and O–H groups in total. The molecule has 21 heavy (non-hydrogen) atoms. The number of hydrogen-bond donors (Lipinski definition) is 2. The Balaban J connectivity index is 1.93. The lowest BCUT2D eigenvalue weighted by Gasteiger charge is -2.48. The third-order valence-corrected chi connectivity index (χ3v) is 3.93. The van der Waals surface area contributed by atoms with Gasteiger partial charge in [-0.3, -0.25) is 9.59 Å². The molecule has 0 unspecified atom stereocenters. The number of β-amino-alcohol motifs (C(OH)–C–C–N with tert-alkyl or cyclic N) is 1. The normalized spacial score (nSPS) is 17.0. The summed E-state index contributed by atoms with van der Waals surface area (Å²) in [5.41, 5.74) is 5.65. The minimum Gasteiger partial charge on any atom is -0.386 e. The summed E-state index contributed by atoms with van der Waals surface area (Å²) in [5, 5.41) is 10.1. The topological polar surface area (TPSA) is 83.6 Å². The van der Waals surface area contributed by atoms with Gasteiger partial charge in [0.1, 0.15) is 5.60 Å². The zero-order valence-corrected chi connectivity index (χ0v) is 12.2. The first-order valence-electron chi connectivity index (χ1n) is 6.91. The largest absolute Gasteiger partial charge is 0.386 e. The fourth-order valence-corrected chi connectivity index (χ4v) is 2.17. The van der Waals surface area contributed by atoms with Gasteiger partial charge in [-0.1, -0.05) is 26.0 Å². The van der Waals surface area contributed by atoms with Crippen LogP contribution in [-0.2, 0) is 4.79 Å². The van der Waals surface area contributed by atoms with Crippen molar-refractivity contribution < 1.29 is 14.7 Å². The van der Waals surface area contributed by atoms with Gasteiger partial charge in [-0.15, -0.1) is 0 Å². The van der Waals surface area contributed by atoms with Gasteiger partial charge < -0.3 is 15.7 Å². The molecule has 1 heterocycles. The Labute approximate surface area is 124 Å². The smallest absolute Gasteiger partial charge is 0.248 e. The summed E-state index contributed by atoms with van der Waals surface area (Å²) >= 11 is 0. The van der Waals surface area contributed by atoms with Gasteiger partial charge >= 0.3 is 0 Å². The highest BCUT2D eigenvalue weighted by atomic mass is 16.3. The van der Waals surface area contributed by atoms with E-state index in [4.69, 9.17) is 5.73 Å². The van der Waals surface area contributed by atoms with Crippen molar-refractivity contribution in [2.75, 3.05) is 13.1 Å². The van der Waals surface area contributed by atoms with Crippen LogP contribution >= 0.6 is 0 Å². The molecule has 1 saturated heterocycles. The molecule has 0 aromatic heterocycles. The zero-order valence-electron chi connectivity index (χ0n) is 12.2. The number of nitrogens with two attached hydrogens (primary N) is 1. The summed E-state index contributed by atoms with van der Waals surface area (Å²) in [7, 11) is 0. The van der Waals surface area contributed by atoms with Gasteiger partial charge in [0.15, 0.2) is 0 Å². The van der Waals surface area contributed by atoms with Crippen molar-refractivity contribution in [3.05, 3.63) is 41.5 Å². The number of amides is 2. The maximum Gasteiger partial charge on any atom is 0.248 e. The molecule has 2 rings (SSSR count). The van der Waals surface area contributed by atoms with Gasteiger partial charge in [0, 0.05) is 11.6 Å². The van der Waals surface area contributed by atoms with Crippen molar-refractivity contribution in [1.29, 1.82) is 0 Å². The molecule has 112 valence electrons. The number of hydrogen-bond acceptors (Lipinski definition) is 3. The second kappa shape index (κ2) is 5.69. The zero-order chi connectivity index (χ0) is 15.6. The minimum absolute atomic E-state index is 0.126. The van der Waals surface area contributed by atoms with Crippen molar-refractivity contribution in [3.63, 3.8) is 0 Å². The number of carbonyl (C=O) groups is 2. The van der Waals surface area contributed by atoms with Gasteiger partial charge in [-0.2, -0.15) is 0 Å². The van der Waals surface area contributed by atoms with E-state index in [9.17, 15) is 14.7 Å².